The second-order valence-electron chi connectivity index (χ2n) is 6.70. The first kappa shape index (κ1) is 16.9. The molecular formula is C15H33NO. The molecule has 0 saturated heterocycles. The van der Waals surface area contributed by atoms with Crippen LogP contribution >= 0.6 is 0 Å². The lowest BCUT2D eigenvalue weighted by molar-refractivity contribution is 0.0690. The van der Waals surface area contributed by atoms with Gasteiger partial charge in [0.05, 0.1) is 0 Å². The maximum absolute atomic E-state index is 9.61. The third-order valence-corrected chi connectivity index (χ3v) is 3.09. The molecule has 0 amide bonds. The van der Waals surface area contributed by atoms with E-state index in [0.29, 0.717) is 18.4 Å². The standard InChI is InChI=1S/C15H33NO/c1-7-8-15(6,12-17)11-16(9-13(2)3)10-14(4)5/h13-14,17H,7-12H2,1-6H3. The molecule has 0 radical (unpaired) electrons. The minimum absolute atomic E-state index is 0.0680. The summed E-state index contributed by atoms with van der Waals surface area (Å²) < 4.78 is 0. The second-order valence-corrected chi connectivity index (χ2v) is 6.70. The predicted octanol–water partition coefficient (Wildman–Crippen LogP) is 3.40. The number of rotatable bonds is 9. The maximum atomic E-state index is 9.61. The number of hydrogen-bond donors (Lipinski definition) is 1. The molecule has 0 aromatic carbocycles. The Morgan fingerprint density at radius 1 is 1.06 bits per heavy atom. The maximum Gasteiger partial charge on any atom is 0.0497 e. The minimum atomic E-state index is 0.0680. The molecular weight excluding hydrogens is 210 g/mol. The van der Waals surface area contributed by atoms with Gasteiger partial charge >= 0.3 is 0 Å². The molecule has 0 bridgehead atoms. The van der Waals surface area contributed by atoms with Crippen LogP contribution in [0.3, 0.4) is 0 Å². The van der Waals surface area contributed by atoms with Crippen molar-refractivity contribution in [2.45, 2.75) is 54.4 Å². The summed E-state index contributed by atoms with van der Waals surface area (Å²) in [6.45, 7) is 17.1. The summed E-state index contributed by atoms with van der Waals surface area (Å²) in [5, 5.41) is 9.61. The zero-order chi connectivity index (χ0) is 13.5. The van der Waals surface area contributed by atoms with Gasteiger partial charge in [-0.05, 0) is 18.3 Å². The van der Waals surface area contributed by atoms with Crippen LogP contribution in [0, 0.1) is 17.3 Å². The van der Waals surface area contributed by atoms with E-state index >= 15 is 0 Å². The van der Waals surface area contributed by atoms with Gasteiger partial charge in [0, 0.05) is 31.7 Å². The van der Waals surface area contributed by atoms with Gasteiger partial charge < -0.3 is 10.0 Å². The smallest absolute Gasteiger partial charge is 0.0497 e. The van der Waals surface area contributed by atoms with Gasteiger partial charge in [-0.3, -0.25) is 0 Å². The highest BCUT2D eigenvalue weighted by atomic mass is 16.3. The zero-order valence-electron chi connectivity index (χ0n) is 12.8. The summed E-state index contributed by atoms with van der Waals surface area (Å²) in [5.74, 6) is 1.39. The first-order chi connectivity index (χ1) is 7.83. The molecule has 0 aliphatic rings. The summed E-state index contributed by atoms with van der Waals surface area (Å²) in [5.41, 5.74) is 0.0680. The molecule has 1 N–H and O–H groups in total. The predicted molar refractivity (Wildman–Crippen MR) is 76.2 cm³/mol. The van der Waals surface area contributed by atoms with E-state index in [1.807, 2.05) is 0 Å². The first-order valence-electron chi connectivity index (χ1n) is 7.16. The van der Waals surface area contributed by atoms with Gasteiger partial charge in [0.25, 0.3) is 0 Å². The van der Waals surface area contributed by atoms with Crippen LogP contribution in [0.5, 0.6) is 0 Å². The summed E-state index contributed by atoms with van der Waals surface area (Å²) >= 11 is 0. The summed E-state index contributed by atoms with van der Waals surface area (Å²) in [7, 11) is 0. The van der Waals surface area contributed by atoms with Gasteiger partial charge in [-0.2, -0.15) is 0 Å². The zero-order valence-corrected chi connectivity index (χ0v) is 12.8. The first-order valence-corrected chi connectivity index (χ1v) is 7.16. The molecule has 0 saturated carbocycles. The van der Waals surface area contributed by atoms with Gasteiger partial charge in [0.15, 0.2) is 0 Å². The molecule has 1 atom stereocenters. The van der Waals surface area contributed by atoms with E-state index in [1.54, 1.807) is 0 Å². The van der Waals surface area contributed by atoms with Crippen LogP contribution < -0.4 is 0 Å². The molecule has 0 aromatic rings. The Balaban J connectivity index is 4.47. The molecule has 0 fully saturated rings. The van der Waals surface area contributed by atoms with Crippen LogP contribution in [0.2, 0.25) is 0 Å². The molecule has 2 heteroatoms. The Labute approximate surface area is 108 Å². The molecule has 1 unspecified atom stereocenters. The van der Waals surface area contributed by atoms with E-state index in [0.717, 1.165) is 32.5 Å². The van der Waals surface area contributed by atoms with E-state index in [2.05, 4.69) is 46.4 Å². The van der Waals surface area contributed by atoms with Gasteiger partial charge in [-0.1, -0.05) is 48.0 Å². The SMILES string of the molecule is CCCC(C)(CO)CN(CC(C)C)CC(C)C. The topological polar surface area (TPSA) is 23.5 Å². The van der Waals surface area contributed by atoms with Gasteiger partial charge in [-0.25, -0.2) is 0 Å². The van der Waals surface area contributed by atoms with Crippen molar-refractivity contribution in [2.24, 2.45) is 17.3 Å². The Kier molecular flexibility index (Phi) is 8.06. The highest BCUT2D eigenvalue weighted by molar-refractivity contribution is 4.78. The van der Waals surface area contributed by atoms with Crippen molar-refractivity contribution in [3.63, 3.8) is 0 Å². The fraction of sp³-hybridized carbons (Fsp3) is 1.00. The van der Waals surface area contributed by atoms with Crippen LogP contribution in [0.1, 0.15) is 54.4 Å². The minimum Gasteiger partial charge on any atom is -0.396 e. The van der Waals surface area contributed by atoms with Crippen LogP contribution in [-0.2, 0) is 0 Å². The van der Waals surface area contributed by atoms with Gasteiger partial charge in [-0.15, -0.1) is 0 Å². The van der Waals surface area contributed by atoms with Crippen LogP contribution in [0.4, 0.5) is 0 Å². The Morgan fingerprint density at radius 3 is 1.82 bits per heavy atom. The van der Waals surface area contributed by atoms with E-state index in [9.17, 15) is 5.11 Å². The van der Waals surface area contributed by atoms with Crippen molar-refractivity contribution >= 4 is 0 Å². The van der Waals surface area contributed by atoms with Crippen LogP contribution in [-0.4, -0.2) is 36.2 Å². The summed E-state index contributed by atoms with van der Waals surface area (Å²) in [4.78, 5) is 2.53. The molecule has 104 valence electrons. The quantitative estimate of drug-likeness (QED) is 0.671. The lowest BCUT2D eigenvalue weighted by atomic mass is 9.85. The third kappa shape index (κ3) is 7.77. The normalized spacial score (nSPS) is 15.9. The van der Waals surface area contributed by atoms with E-state index in [1.165, 1.54) is 0 Å². The highest BCUT2D eigenvalue weighted by Gasteiger charge is 2.26. The molecule has 0 aromatic heterocycles. The fourth-order valence-corrected chi connectivity index (χ4v) is 2.59. The largest absolute Gasteiger partial charge is 0.396 e. The highest BCUT2D eigenvalue weighted by Crippen LogP contribution is 2.24. The lowest BCUT2D eigenvalue weighted by Crippen LogP contribution is -2.41. The van der Waals surface area contributed by atoms with Gasteiger partial charge in [0.1, 0.15) is 0 Å². The van der Waals surface area contributed by atoms with E-state index in [4.69, 9.17) is 0 Å². The number of hydrogen-bond acceptors (Lipinski definition) is 2. The molecule has 0 heterocycles. The third-order valence-electron chi connectivity index (χ3n) is 3.09. The average Bonchev–Trinajstić information content (AvgIpc) is 2.15. The lowest BCUT2D eigenvalue weighted by Gasteiger charge is -2.36. The monoisotopic (exact) mass is 243 g/mol. The van der Waals surface area contributed by atoms with Crippen molar-refractivity contribution in [1.82, 2.24) is 4.90 Å². The summed E-state index contributed by atoms with van der Waals surface area (Å²) in [6, 6.07) is 0. The van der Waals surface area contributed by atoms with Crippen molar-refractivity contribution in [2.75, 3.05) is 26.2 Å². The van der Waals surface area contributed by atoms with Crippen molar-refractivity contribution < 1.29 is 5.11 Å². The number of aliphatic hydroxyl groups excluding tert-OH is 1. The Morgan fingerprint density at radius 2 is 1.53 bits per heavy atom. The molecule has 0 aliphatic carbocycles. The molecule has 0 rings (SSSR count). The van der Waals surface area contributed by atoms with E-state index < -0.39 is 0 Å². The van der Waals surface area contributed by atoms with Crippen molar-refractivity contribution in [1.29, 1.82) is 0 Å². The fourth-order valence-electron chi connectivity index (χ4n) is 2.59. The second kappa shape index (κ2) is 8.10. The molecule has 2 nitrogen and oxygen atoms in total. The van der Waals surface area contributed by atoms with E-state index in [-0.39, 0.29) is 5.41 Å². The van der Waals surface area contributed by atoms with Gasteiger partial charge in [0.2, 0.25) is 0 Å². The molecule has 17 heavy (non-hydrogen) atoms. The summed E-state index contributed by atoms with van der Waals surface area (Å²) in [6.07, 6.45) is 2.25. The van der Waals surface area contributed by atoms with Crippen LogP contribution in [0.15, 0.2) is 0 Å². The Hall–Kier alpha value is -0.0800. The molecule has 0 aliphatic heterocycles. The average molecular weight is 243 g/mol. The Bertz CT molecular complexity index is 181. The molecule has 0 spiro atoms. The van der Waals surface area contributed by atoms with Crippen molar-refractivity contribution in [3.8, 4) is 0 Å². The number of nitrogens with zero attached hydrogens (tertiary/aromatic N) is 1. The van der Waals surface area contributed by atoms with Crippen LogP contribution in [0.25, 0.3) is 0 Å². The number of aliphatic hydroxyl groups is 1. The van der Waals surface area contributed by atoms with Crippen molar-refractivity contribution in [3.05, 3.63) is 0 Å².